The summed E-state index contributed by atoms with van der Waals surface area (Å²) >= 11 is 0. The van der Waals surface area contributed by atoms with Crippen LogP contribution in [0.3, 0.4) is 0 Å². The maximum Gasteiger partial charge on any atom is 0.0663 e. The molecule has 0 aromatic heterocycles. The molecule has 0 N–H and O–H groups in total. The van der Waals surface area contributed by atoms with Crippen LogP contribution in [0.15, 0.2) is 206 Å². The van der Waals surface area contributed by atoms with Gasteiger partial charge in [-0.3, -0.25) is 0 Å². The van der Waals surface area contributed by atoms with Gasteiger partial charge < -0.3 is 4.90 Å². The molecule has 8 rings (SSSR count). The summed E-state index contributed by atoms with van der Waals surface area (Å²) in [6.07, 6.45) is 16.5. The highest BCUT2D eigenvalue weighted by Crippen LogP contribution is 2.46. The molecule has 0 bridgehead atoms. The van der Waals surface area contributed by atoms with Crippen LogP contribution in [-0.2, 0) is 6.42 Å². The van der Waals surface area contributed by atoms with Crippen molar-refractivity contribution in [2.45, 2.75) is 24.8 Å². The van der Waals surface area contributed by atoms with Gasteiger partial charge in [0.15, 0.2) is 0 Å². The first kappa shape index (κ1) is 32.3. The minimum Gasteiger partial charge on any atom is -0.358 e. The number of anilines is 1. The number of fused-ring (bicyclic) bond motifs is 2. The van der Waals surface area contributed by atoms with Gasteiger partial charge in [0.25, 0.3) is 0 Å². The Bertz CT molecular complexity index is 2270. The highest BCUT2D eigenvalue weighted by molar-refractivity contribution is 5.87. The van der Waals surface area contributed by atoms with E-state index in [0.717, 1.165) is 13.0 Å². The van der Waals surface area contributed by atoms with E-state index in [9.17, 15) is 0 Å². The van der Waals surface area contributed by atoms with Gasteiger partial charge in [0.05, 0.1) is 5.54 Å². The van der Waals surface area contributed by atoms with Gasteiger partial charge in [-0.25, -0.2) is 0 Å². The van der Waals surface area contributed by atoms with Crippen molar-refractivity contribution >= 4 is 22.0 Å². The lowest BCUT2D eigenvalue weighted by Crippen LogP contribution is -2.44. The standard InChI is InChI=1S/C50H43N/c1-3-15-43(35-44-36-51(45-20-8-5-9-21-45)50(2)33-13-12-24-49(44)50)40-29-31-42(32-30-40)48(47-23-14-19-41-18-10-11-22-46(41)47)34-37-25-27-39(28-26-37)38-16-6-4-7-17-38/h3-33,35,48-49H,1,34,36H2,2H3/b43-15+,44-35+. The highest BCUT2D eigenvalue weighted by Gasteiger charge is 2.45. The van der Waals surface area contributed by atoms with Crippen LogP contribution in [0.2, 0.25) is 0 Å². The van der Waals surface area contributed by atoms with Crippen molar-refractivity contribution < 1.29 is 0 Å². The molecule has 0 amide bonds. The Kier molecular flexibility index (Phi) is 8.95. The Morgan fingerprint density at radius 3 is 2.20 bits per heavy atom. The van der Waals surface area contributed by atoms with Gasteiger partial charge in [-0.05, 0) is 80.8 Å². The number of benzene rings is 6. The second kappa shape index (κ2) is 14.1. The molecule has 0 radical (unpaired) electrons. The van der Waals surface area contributed by atoms with Gasteiger partial charge in [0.1, 0.15) is 0 Å². The lowest BCUT2D eigenvalue weighted by Gasteiger charge is -2.38. The molecule has 1 aliphatic carbocycles. The summed E-state index contributed by atoms with van der Waals surface area (Å²) in [6.45, 7) is 7.34. The second-order valence-electron chi connectivity index (χ2n) is 14.0. The molecule has 1 heterocycles. The van der Waals surface area contributed by atoms with E-state index in [1.165, 1.54) is 61.0 Å². The maximum atomic E-state index is 4.10. The molecule has 1 nitrogen and oxygen atoms in total. The van der Waals surface area contributed by atoms with E-state index in [1.54, 1.807) is 0 Å². The van der Waals surface area contributed by atoms with Crippen molar-refractivity contribution in [3.63, 3.8) is 0 Å². The smallest absolute Gasteiger partial charge is 0.0663 e. The molecule has 1 aliphatic heterocycles. The molecule has 0 spiro atoms. The van der Waals surface area contributed by atoms with Crippen molar-refractivity contribution in [2.24, 2.45) is 5.92 Å². The molecule has 51 heavy (non-hydrogen) atoms. The minimum atomic E-state index is -0.115. The largest absolute Gasteiger partial charge is 0.358 e. The number of hydrogen-bond acceptors (Lipinski definition) is 1. The summed E-state index contributed by atoms with van der Waals surface area (Å²) in [6, 6.07) is 55.4. The molecule has 1 fully saturated rings. The van der Waals surface area contributed by atoms with E-state index in [1.807, 2.05) is 6.08 Å². The van der Waals surface area contributed by atoms with Gasteiger partial charge in [0, 0.05) is 24.1 Å². The summed E-state index contributed by atoms with van der Waals surface area (Å²) in [5.41, 5.74) is 11.4. The van der Waals surface area contributed by atoms with E-state index in [2.05, 4.69) is 207 Å². The number of nitrogens with zero attached hydrogens (tertiary/aromatic N) is 1. The average Bonchev–Trinajstić information content (AvgIpc) is 3.49. The first-order valence-corrected chi connectivity index (χ1v) is 18.0. The van der Waals surface area contributed by atoms with Crippen LogP contribution in [0.25, 0.3) is 27.5 Å². The molecular formula is C50H43N. The molecule has 0 saturated carbocycles. The zero-order valence-corrected chi connectivity index (χ0v) is 29.2. The fraction of sp³-hybridized carbons (Fsp3) is 0.120. The summed E-state index contributed by atoms with van der Waals surface area (Å²) < 4.78 is 0. The van der Waals surface area contributed by atoms with Gasteiger partial charge >= 0.3 is 0 Å². The molecule has 6 aromatic carbocycles. The highest BCUT2D eigenvalue weighted by atomic mass is 15.2. The number of allylic oxidation sites excluding steroid dienone is 6. The Morgan fingerprint density at radius 1 is 0.745 bits per heavy atom. The Balaban J connectivity index is 1.14. The zero-order chi connectivity index (χ0) is 34.6. The zero-order valence-electron chi connectivity index (χ0n) is 29.2. The fourth-order valence-electron chi connectivity index (χ4n) is 8.17. The summed E-state index contributed by atoms with van der Waals surface area (Å²) in [5.74, 6) is 0.492. The third-order valence-electron chi connectivity index (χ3n) is 10.9. The predicted molar refractivity (Wildman–Crippen MR) is 218 cm³/mol. The van der Waals surface area contributed by atoms with E-state index < -0.39 is 0 Å². The lowest BCUT2D eigenvalue weighted by molar-refractivity contribution is 0.506. The first-order chi connectivity index (χ1) is 25.1. The van der Waals surface area contributed by atoms with Crippen LogP contribution in [0.1, 0.15) is 35.1 Å². The van der Waals surface area contributed by atoms with Crippen molar-refractivity contribution in [1.29, 1.82) is 0 Å². The molecular weight excluding hydrogens is 615 g/mol. The first-order valence-electron chi connectivity index (χ1n) is 18.0. The lowest BCUT2D eigenvalue weighted by atomic mass is 9.80. The van der Waals surface area contributed by atoms with E-state index >= 15 is 0 Å². The second-order valence-corrected chi connectivity index (χ2v) is 14.0. The molecule has 1 saturated heterocycles. The molecule has 1 heteroatoms. The van der Waals surface area contributed by atoms with Crippen molar-refractivity contribution in [1.82, 2.24) is 0 Å². The molecule has 3 unspecified atom stereocenters. The Hall–Kier alpha value is -5.92. The molecule has 2 aliphatic rings. The third-order valence-corrected chi connectivity index (χ3v) is 10.9. The maximum absolute atomic E-state index is 4.10. The topological polar surface area (TPSA) is 3.24 Å². The van der Waals surface area contributed by atoms with E-state index in [4.69, 9.17) is 0 Å². The summed E-state index contributed by atoms with van der Waals surface area (Å²) in [4.78, 5) is 2.54. The van der Waals surface area contributed by atoms with Crippen LogP contribution in [0, 0.1) is 5.92 Å². The minimum absolute atomic E-state index is 0.115. The SMILES string of the molecule is C=C/C=C(\C=C1/CN(c2ccccc2)C2(C)C=CC=CC12)c1ccc(C(Cc2ccc(-c3ccccc3)cc2)c2cccc3ccccc23)cc1. The predicted octanol–water partition coefficient (Wildman–Crippen LogP) is 12.4. The quantitative estimate of drug-likeness (QED) is 0.140. The fourth-order valence-corrected chi connectivity index (χ4v) is 8.17. The van der Waals surface area contributed by atoms with Crippen molar-refractivity contribution in [3.8, 4) is 11.1 Å². The summed E-state index contributed by atoms with van der Waals surface area (Å²) in [7, 11) is 0. The monoisotopic (exact) mass is 657 g/mol. The van der Waals surface area contributed by atoms with Crippen LogP contribution in [0.5, 0.6) is 0 Å². The van der Waals surface area contributed by atoms with Crippen LogP contribution >= 0.6 is 0 Å². The van der Waals surface area contributed by atoms with Gasteiger partial charge in [-0.2, -0.15) is 0 Å². The number of para-hydroxylation sites is 1. The van der Waals surface area contributed by atoms with Crippen LogP contribution < -0.4 is 4.90 Å². The van der Waals surface area contributed by atoms with Gasteiger partial charge in [-0.1, -0.05) is 189 Å². The number of rotatable bonds is 9. The van der Waals surface area contributed by atoms with Crippen LogP contribution in [0.4, 0.5) is 5.69 Å². The third kappa shape index (κ3) is 6.44. The van der Waals surface area contributed by atoms with E-state index in [-0.39, 0.29) is 11.5 Å². The molecule has 6 aromatic rings. The molecule has 3 atom stereocenters. The van der Waals surface area contributed by atoms with Crippen LogP contribution in [-0.4, -0.2) is 12.1 Å². The molecule has 248 valence electrons. The van der Waals surface area contributed by atoms with Crippen molar-refractivity contribution in [3.05, 3.63) is 229 Å². The average molecular weight is 658 g/mol. The van der Waals surface area contributed by atoms with Gasteiger partial charge in [-0.15, -0.1) is 0 Å². The normalized spacial score (nSPS) is 19.7. The van der Waals surface area contributed by atoms with E-state index in [0.29, 0.717) is 5.92 Å². The Morgan fingerprint density at radius 2 is 1.43 bits per heavy atom. The number of hydrogen-bond donors (Lipinski definition) is 0. The van der Waals surface area contributed by atoms with Gasteiger partial charge in [0.2, 0.25) is 0 Å². The van der Waals surface area contributed by atoms with Crippen molar-refractivity contribution in [2.75, 3.05) is 11.4 Å². The Labute approximate surface area is 302 Å². The summed E-state index contributed by atoms with van der Waals surface area (Å²) in [5, 5.41) is 2.59.